The minimum atomic E-state index is -0.478. The molecule has 2 unspecified atom stereocenters. The van der Waals surface area contributed by atoms with E-state index >= 15 is 0 Å². The Hall–Kier alpha value is -2.49. The van der Waals surface area contributed by atoms with Gasteiger partial charge in [0, 0.05) is 24.8 Å². The second-order valence-electron chi connectivity index (χ2n) is 11.3. The van der Waals surface area contributed by atoms with Crippen molar-refractivity contribution in [2.24, 2.45) is 5.92 Å². The summed E-state index contributed by atoms with van der Waals surface area (Å²) in [5.41, 5.74) is 5.92. The Bertz CT molecular complexity index is 908. The van der Waals surface area contributed by atoms with Crippen molar-refractivity contribution in [3.8, 4) is 0 Å². The molecular weight excluding hydrogens is 432 g/mol. The summed E-state index contributed by atoms with van der Waals surface area (Å²) in [5, 5.41) is 0. The number of allylic oxidation sites excluding steroid dienone is 4. The van der Waals surface area contributed by atoms with Crippen LogP contribution in [-0.4, -0.2) is 40.6 Å². The molecule has 0 aromatic heterocycles. The van der Waals surface area contributed by atoms with Gasteiger partial charge in [0.15, 0.2) is 0 Å². The molecule has 0 spiro atoms. The molecule has 0 radical (unpaired) electrons. The number of carbonyl (C=O) groups is 1. The third-order valence-electron chi connectivity index (χ3n) is 6.85. The van der Waals surface area contributed by atoms with Crippen molar-refractivity contribution in [1.82, 2.24) is 9.80 Å². The summed E-state index contributed by atoms with van der Waals surface area (Å²) in [6.45, 7) is 24.7. The minimum Gasteiger partial charge on any atom is -0.444 e. The maximum atomic E-state index is 12.7. The number of benzene rings is 1. The predicted molar refractivity (Wildman–Crippen MR) is 148 cm³/mol. The Balaban J connectivity index is 2.49. The highest BCUT2D eigenvalue weighted by Crippen LogP contribution is 2.36. The van der Waals surface area contributed by atoms with Crippen molar-refractivity contribution in [3.05, 3.63) is 71.0 Å². The van der Waals surface area contributed by atoms with Crippen LogP contribution < -0.4 is 0 Å². The molecule has 4 nitrogen and oxygen atoms in total. The molecule has 1 fully saturated rings. The third kappa shape index (κ3) is 8.02. The average Bonchev–Trinajstić information content (AvgIpc) is 2.78. The van der Waals surface area contributed by atoms with Gasteiger partial charge in [-0.15, -0.1) is 0 Å². The van der Waals surface area contributed by atoms with E-state index in [1.54, 1.807) is 0 Å². The first-order valence-corrected chi connectivity index (χ1v) is 13.2. The zero-order valence-corrected chi connectivity index (χ0v) is 23.6. The van der Waals surface area contributed by atoms with Crippen molar-refractivity contribution < 1.29 is 9.53 Å². The number of amides is 1. The molecule has 0 bridgehead atoms. The lowest BCUT2D eigenvalue weighted by molar-refractivity contribution is 0.0145. The smallest absolute Gasteiger partial charge is 0.410 e. The van der Waals surface area contributed by atoms with Gasteiger partial charge in [0.2, 0.25) is 0 Å². The van der Waals surface area contributed by atoms with E-state index in [0.29, 0.717) is 25.0 Å². The molecule has 0 N–H and O–H groups in total. The molecule has 194 valence electrons. The van der Waals surface area contributed by atoms with Crippen LogP contribution in [0.15, 0.2) is 59.8 Å². The third-order valence-corrected chi connectivity index (χ3v) is 6.85. The van der Waals surface area contributed by atoms with Crippen LogP contribution in [0.2, 0.25) is 0 Å². The molecule has 1 aliphatic rings. The zero-order valence-electron chi connectivity index (χ0n) is 23.6. The number of carbonyl (C=O) groups excluding carboxylic acids is 1. The van der Waals surface area contributed by atoms with Crippen LogP contribution in [0, 0.1) is 12.8 Å². The number of aryl methyl sites for hydroxylation is 1. The second-order valence-corrected chi connectivity index (χ2v) is 11.3. The molecule has 1 saturated heterocycles. The van der Waals surface area contributed by atoms with E-state index in [-0.39, 0.29) is 12.1 Å². The van der Waals surface area contributed by atoms with Gasteiger partial charge in [-0.05, 0) is 90.9 Å². The van der Waals surface area contributed by atoms with Gasteiger partial charge in [-0.1, -0.05) is 61.9 Å². The number of rotatable bonds is 8. The van der Waals surface area contributed by atoms with E-state index < -0.39 is 5.60 Å². The molecule has 35 heavy (non-hydrogen) atoms. The van der Waals surface area contributed by atoms with Gasteiger partial charge in [-0.25, -0.2) is 4.79 Å². The average molecular weight is 481 g/mol. The Morgan fingerprint density at radius 3 is 2.20 bits per heavy atom. The van der Waals surface area contributed by atoms with E-state index in [1.807, 2.05) is 31.7 Å². The molecule has 1 aromatic rings. The van der Waals surface area contributed by atoms with Gasteiger partial charge in [0.05, 0.1) is 6.04 Å². The molecule has 0 saturated carbocycles. The summed E-state index contributed by atoms with van der Waals surface area (Å²) in [6, 6.07) is 9.40. The lowest BCUT2D eigenvalue weighted by Crippen LogP contribution is -2.48. The highest BCUT2D eigenvalue weighted by atomic mass is 16.6. The Labute approximate surface area is 214 Å². The predicted octanol–water partition coefficient (Wildman–Crippen LogP) is 8.21. The van der Waals surface area contributed by atoms with Gasteiger partial charge in [0.1, 0.15) is 5.60 Å². The van der Waals surface area contributed by atoms with Gasteiger partial charge in [0.25, 0.3) is 0 Å². The molecule has 1 amide bonds. The minimum absolute atomic E-state index is 0.193. The highest BCUT2D eigenvalue weighted by molar-refractivity contribution is 5.68. The van der Waals surface area contributed by atoms with Gasteiger partial charge >= 0.3 is 6.09 Å². The van der Waals surface area contributed by atoms with Crippen molar-refractivity contribution in [2.75, 3.05) is 13.1 Å². The number of nitrogens with zero attached hydrogens (tertiary/aromatic N) is 2. The fraction of sp³-hybridized carbons (Fsp3) is 0.581. The molecular formula is C31H48N2O2. The molecule has 4 heteroatoms. The standard InChI is InChI=1S/C31H48N2O2/c1-11-24(6)28(12-2)29(21-22(3)4)33(25(7)26-15-13-23(5)14-16-26)27-17-19-32(20-18-27)30(34)35-31(8,9)10/h12-16,21,24-25,27H,2,11,17-20H2,1,3-10H3/b29-28-. The lowest BCUT2D eigenvalue weighted by Gasteiger charge is -2.45. The molecule has 2 rings (SSSR count). The molecule has 1 aliphatic heterocycles. The molecule has 1 heterocycles. The lowest BCUT2D eigenvalue weighted by atomic mass is 9.91. The summed E-state index contributed by atoms with van der Waals surface area (Å²) < 4.78 is 5.64. The van der Waals surface area contributed by atoms with Crippen molar-refractivity contribution in [2.45, 2.75) is 99.3 Å². The summed E-state index contributed by atoms with van der Waals surface area (Å²) in [4.78, 5) is 17.2. The van der Waals surface area contributed by atoms with Crippen LogP contribution in [0.25, 0.3) is 0 Å². The fourth-order valence-corrected chi connectivity index (χ4v) is 4.74. The van der Waals surface area contributed by atoms with Crippen LogP contribution in [0.5, 0.6) is 0 Å². The van der Waals surface area contributed by atoms with E-state index in [2.05, 4.69) is 83.4 Å². The normalized spacial score (nSPS) is 17.2. The number of ether oxygens (including phenoxy) is 1. The number of likely N-dealkylation sites (tertiary alicyclic amines) is 1. The topological polar surface area (TPSA) is 32.8 Å². The Morgan fingerprint density at radius 1 is 1.17 bits per heavy atom. The Kier molecular flexibility index (Phi) is 10.2. The van der Waals surface area contributed by atoms with Crippen LogP contribution in [0.4, 0.5) is 4.79 Å². The zero-order chi connectivity index (χ0) is 26.3. The summed E-state index contributed by atoms with van der Waals surface area (Å²) in [6.07, 6.45) is 7.04. The van der Waals surface area contributed by atoms with Crippen molar-refractivity contribution in [3.63, 3.8) is 0 Å². The van der Waals surface area contributed by atoms with E-state index in [0.717, 1.165) is 19.3 Å². The maximum absolute atomic E-state index is 12.7. The van der Waals surface area contributed by atoms with E-state index in [1.165, 1.54) is 28.0 Å². The first-order chi connectivity index (χ1) is 16.4. The summed E-state index contributed by atoms with van der Waals surface area (Å²) in [5.74, 6) is 0.410. The largest absolute Gasteiger partial charge is 0.444 e. The quantitative estimate of drug-likeness (QED) is 0.351. The number of hydrogen-bond donors (Lipinski definition) is 0. The fourth-order valence-electron chi connectivity index (χ4n) is 4.74. The van der Waals surface area contributed by atoms with Gasteiger partial charge in [-0.3, -0.25) is 0 Å². The molecule has 1 aromatic carbocycles. The molecule has 0 aliphatic carbocycles. The molecule has 2 atom stereocenters. The van der Waals surface area contributed by atoms with Gasteiger partial charge in [-0.2, -0.15) is 0 Å². The van der Waals surface area contributed by atoms with Crippen LogP contribution in [-0.2, 0) is 4.74 Å². The van der Waals surface area contributed by atoms with E-state index in [9.17, 15) is 4.79 Å². The van der Waals surface area contributed by atoms with Crippen molar-refractivity contribution in [1.29, 1.82) is 0 Å². The first-order valence-electron chi connectivity index (χ1n) is 13.2. The second kappa shape index (κ2) is 12.5. The van der Waals surface area contributed by atoms with Crippen LogP contribution in [0.1, 0.15) is 91.8 Å². The van der Waals surface area contributed by atoms with Crippen LogP contribution >= 0.6 is 0 Å². The van der Waals surface area contributed by atoms with Crippen LogP contribution in [0.3, 0.4) is 0 Å². The maximum Gasteiger partial charge on any atom is 0.410 e. The highest BCUT2D eigenvalue weighted by Gasteiger charge is 2.33. The summed E-state index contributed by atoms with van der Waals surface area (Å²) in [7, 11) is 0. The SMILES string of the molecule is C=C/C(=C(\C=C(C)C)N(C1CCN(C(=O)OC(C)(C)C)CC1)C(C)c1ccc(C)cc1)C(C)CC. The van der Waals surface area contributed by atoms with E-state index in [4.69, 9.17) is 4.74 Å². The Morgan fingerprint density at radius 2 is 1.74 bits per heavy atom. The van der Waals surface area contributed by atoms with Crippen molar-refractivity contribution >= 4 is 6.09 Å². The summed E-state index contributed by atoms with van der Waals surface area (Å²) >= 11 is 0. The first kappa shape index (κ1) is 28.7. The number of piperidine rings is 1. The number of hydrogen-bond acceptors (Lipinski definition) is 3. The monoisotopic (exact) mass is 480 g/mol. The van der Waals surface area contributed by atoms with Gasteiger partial charge < -0.3 is 14.5 Å².